The molecule has 1 aromatic rings. The second kappa shape index (κ2) is 4.61. The quantitative estimate of drug-likeness (QED) is 0.803. The Labute approximate surface area is 89.6 Å². The molecule has 0 aliphatic heterocycles. The van der Waals surface area contributed by atoms with Gasteiger partial charge in [0.1, 0.15) is 0 Å². The summed E-state index contributed by atoms with van der Waals surface area (Å²) in [6.07, 6.45) is -4.74. The predicted molar refractivity (Wildman–Crippen MR) is 49.3 cm³/mol. The SMILES string of the molecule is CCOc1cc(Cl)ccc1OC(F)(F)F. The molecule has 0 aromatic heterocycles. The molecule has 0 aliphatic carbocycles. The Morgan fingerprint density at radius 2 is 1.93 bits per heavy atom. The molecule has 84 valence electrons. The molecule has 0 N–H and O–H groups in total. The molecule has 0 saturated carbocycles. The van der Waals surface area contributed by atoms with Crippen molar-refractivity contribution in [3.8, 4) is 11.5 Å². The van der Waals surface area contributed by atoms with E-state index in [9.17, 15) is 13.2 Å². The molecule has 0 radical (unpaired) electrons. The van der Waals surface area contributed by atoms with Crippen molar-refractivity contribution in [3.63, 3.8) is 0 Å². The van der Waals surface area contributed by atoms with Crippen molar-refractivity contribution in [2.24, 2.45) is 0 Å². The number of rotatable bonds is 3. The van der Waals surface area contributed by atoms with Gasteiger partial charge in [-0.15, -0.1) is 13.2 Å². The first-order valence-electron chi connectivity index (χ1n) is 4.10. The van der Waals surface area contributed by atoms with Crippen LogP contribution in [0.5, 0.6) is 11.5 Å². The van der Waals surface area contributed by atoms with E-state index in [1.54, 1.807) is 6.92 Å². The molecule has 2 nitrogen and oxygen atoms in total. The first kappa shape index (κ1) is 12.0. The summed E-state index contributed by atoms with van der Waals surface area (Å²) in [5.74, 6) is -0.420. The van der Waals surface area contributed by atoms with E-state index in [1.165, 1.54) is 12.1 Å². The van der Waals surface area contributed by atoms with E-state index in [0.717, 1.165) is 6.07 Å². The Balaban J connectivity index is 2.95. The Morgan fingerprint density at radius 3 is 2.47 bits per heavy atom. The molecule has 1 rings (SSSR count). The van der Waals surface area contributed by atoms with Crippen LogP contribution in [0.25, 0.3) is 0 Å². The topological polar surface area (TPSA) is 18.5 Å². The molecule has 0 aliphatic rings. The third-order valence-electron chi connectivity index (χ3n) is 1.43. The summed E-state index contributed by atoms with van der Waals surface area (Å²) >= 11 is 5.61. The maximum atomic E-state index is 12.0. The van der Waals surface area contributed by atoms with Crippen LogP contribution >= 0.6 is 11.6 Å². The molecular formula is C9H8ClF3O2. The van der Waals surface area contributed by atoms with E-state index < -0.39 is 12.1 Å². The van der Waals surface area contributed by atoms with Crippen molar-refractivity contribution in [3.05, 3.63) is 23.2 Å². The summed E-state index contributed by atoms with van der Waals surface area (Å²) in [5.41, 5.74) is 0. The number of hydrogen-bond donors (Lipinski definition) is 0. The zero-order chi connectivity index (χ0) is 11.5. The lowest BCUT2D eigenvalue weighted by molar-refractivity contribution is -0.275. The number of benzene rings is 1. The van der Waals surface area contributed by atoms with E-state index in [4.69, 9.17) is 16.3 Å². The summed E-state index contributed by atoms with van der Waals surface area (Å²) in [4.78, 5) is 0. The fourth-order valence-corrected chi connectivity index (χ4v) is 1.12. The van der Waals surface area contributed by atoms with Crippen molar-refractivity contribution in [2.45, 2.75) is 13.3 Å². The zero-order valence-electron chi connectivity index (χ0n) is 7.77. The largest absolute Gasteiger partial charge is 0.573 e. The van der Waals surface area contributed by atoms with Crippen molar-refractivity contribution >= 4 is 11.6 Å². The van der Waals surface area contributed by atoms with Gasteiger partial charge in [-0.3, -0.25) is 0 Å². The molecule has 0 atom stereocenters. The van der Waals surface area contributed by atoms with E-state index in [0.29, 0.717) is 0 Å². The molecule has 0 fully saturated rings. The summed E-state index contributed by atoms with van der Waals surface area (Å²) < 4.78 is 44.6. The smallest absolute Gasteiger partial charge is 0.490 e. The lowest BCUT2D eigenvalue weighted by Crippen LogP contribution is -2.17. The maximum absolute atomic E-state index is 12.0. The number of halogens is 4. The molecule has 0 heterocycles. The highest BCUT2D eigenvalue weighted by atomic mass is 35.5. The van der Waals surface area contributed by atoms with Gasteiger partial charge in [-0.2, -0.15) is 0 Å². The summed E-state index contributed by atoms with van der Waals surface area (Å²) in [7, 11) is 0. The van der Waals surface area contributed by atoms with Gasteiger partial charge < -0.3 is 9.47 Å². The average molecular weight is 241 g/mol. The molecule has 0 saturated heterocycles. The Bertz CT molecular complexity index is 339. The third kappa shape index (κ3) is 3.87. The highest BCUT2D eigenvalue weighted by molar-refractivity contribution is 6.30. The van der Waals surface area contributed by atoms with Crippen LogP contribution in [0.3, 0.4) is 0 Å². The molecule has 15 heavy (non-hydrogen) atoms. The van der Waals surface area contributed by atoms with Crippen LogP contribution in [0, 0.1) is 0 Å². The second-order valence-corrected chi connectivity index (χ2v) is 3.01. The van der Waals surface area contributed by atoms with Crippen molar-refractivity contribution in [2.75, 3.05) is 6.61 Å². The Kier molecular flexibility index (Phi) is 3.68. The third-order valence-corrected chi connectivity index (χ3v) is 1.67. The molecule has 0 spiro atoms. The van der Waals surface area contributed by atoms with Gasteiger partial charge >= 0.3 is 6.36 Å². The first-order valence-corrected chi connectivity index (χ1v) is 4.48. The van der Waals surface area contributed by atoms with Crippen molar-refractivity contribution in [1.82, 2.24) is 0 Å². The van der Waals surface area contributed by atoms with E-state index in [1.807, 2.05) is 0 Å². The molecule has 6 heteroatoms. The van der Waals surface area contributed by atoms with Gasteiger partial charge in [-0.1, -0.05) is 11.6 Å². The highest BCUT2D eigenvalue weighted by Crippen LogP contribution is 2.34. The van der Waals surface area contributed by atoms with Crippen LogP contribution < -0.4 is 9.47 Å². The van der Waals surface area contributed by atoms with Gasteiger partial charge in [0.15, 0.2) is 11.5 Å². The van der Waals surface area contributed by atoms with E-state index >= 15 is 0 Å². The molecule has 1 aromatic carbocycles. The monoisotopic (exact) mass is 240 g/mol. The normalized spacial score (nSPS) is 11.3. The van der Waals surface area contributed by atoms with Crippen LogP contribution in [-0.4, -0.2) is 13.0 Å². The lowest BCUT2D eigenvalue weighted by atomic mass is 10.3. The summed E-state index contributed by atoms with van der Waals surface area (Å²) in [6, 6.07) is 3.68. The van der Waals surface area contributed by atoms with E-state index in [-0.39, 0.29) is 17.4 Å². The van der Waals surface area contributed by atoms with E-state index in [2.05, 4.69) is 4.74 Å². The standard InChI is InChI=1S/C9H8ClF3O2/c1-2-14-8-5-6(10)3-4-7(8)15-9(11,12)13/h3-5H,2H2,1H3. The molecule has 0 amide bonds. The minimum atomic E-state index is -4.74. The minimum Gasteiger partial charge on any atom is -0.490 e. The molecular weight excluding hydrogens is 233 g/mol. The average Bonchev–Trinajstić information content (AvgIpc) is 2.08. The zero-order valence-corrected chi connectivity index (χ0v) is 8.52. The van der Waals surface area contributed by atoms with Crippen molar-refractivity contribution < 1.29 is 22.6 Å². The molecule has 0 bridgehead atoms. The Hall–Kier alpha value is -1.10. The first-order chi connectivity index (χ1) is 6.92. The van der Waals surface area contributed by atoms with Gasteiger partial charge in [0.25, 0.3) is 0 Å². The lowest BCUT2D eigenvalue weighted by Gasteiger charge is -2.13. The second-order valence-electron chi connectivity index (χ2n) is 2.57. The maximum Gasteiger partial charge on any atom is 0.573 e. The van der Waals surface area contributed by atoms with Gasteiger partial charge in [0, 0.05) is 11.1 Å². The number of hydrogen-bond acceptors (Lipinski definition) is 2. The van der Waals surface area contributed by atoms with Crippen LogP contribution in [0.2, 0.25) is 5.02 Å². The van der Waals surface area contributed by atoms with Crippen LogP contribution in [-0.2, 0) is 0 Å². The molecule has 0 unspecified atom stereocenters. The van der Waals surface area contributed by atoms with Gasteiger partial charge in [-0.25, -0.2) is 0 Å². The summed E-state index contributed by atoms with van der Waals surface area (Å²) in [5, 5.41) is 0.285. The highest BCUT2D eigenvalue weighted by Gasteiger charge is 2.32. The van der Waals surface area contributed by atoms with Gasteiger partial charge in [0.05, 0.1) is 6.61 Å². The van der Waals surface area contributed by atoms with Crippen LogP contribution in [0.4, 0.5) is 13.2 Å². The number of alkyl halides is 3. The predicted octanol–water partition coefficient (Wildman–Crippen LogP) is 3.64. The van der Waals surface area contributed by atoms with Gasteiger partial charge in [-0.05, 0) is 19.1 Å². The minimum absolute atomic E-state index is 0.0256. The van der Waals surface area contributed by atoms with Gasteiger partial charge in [0.2, 0.25) is 0 Å². The van der Waals surface area contributed by atoms with Crippen LogP contribution in [0.1, 0.15) is 6.92 Å². The number of ether oxygens (including phenoxy) is 2. The van der Waals surface area contributed by atoms with Crippen LogP contribution in [0.15, 0.2) is 18.2 Å². The fraction of sp³-hybridized carbons (Fsp3) is 0.333. The summed E-state index contributed by atoms with van der Waals surface area (Å²) in [6.45, 7) is 1.88. The fourth-order valence-electron chi connectivity index (χ4n) is 0.959. The Morgan fingerprint density at radius 1 is 1.27 bits per heavy atom. The van der Waals surface area contributed by atoms with Crippen molar-refractivity contribution in [1.29, 1.82) is 0 Å².